The molecular weight excluding hydrogens is 310 g/mol. The minimum atomic E-state index is -0.219. The number of thiophene rings is 1. The molecule has 122 valence electrons. The van der Waals surface area contributed by atoms with Gasteiger partial charge < -0.3 is 10.2 Å². The molecular formula is C16H21N5OS. The molecule has 3 heterocycles. The van der Waals surface area contributed by atoms with Crippen molar-refractivity contribution >= 4 is 28.3 Å². The van der Waals surface area contributed by atoms with Crippen molar-refractivity contribution in [1.29, 1.82) is 0 Å². The van der Waals surface area contributed by atoms with Crippen LogP contribution in [0.25, 0.3) is 0 Å². The van der Waals surface area contributed by atoms with Gasteiger partial charge in [0.25, 0.3) is 0 Å². The lowest BCUT2D eigenvalue weighted by molar-refractivity contribution is 0.251. The third-order valence-electron chi connectivity index (χ3n) is 3.72. The SMILES string of the molecule is Cc1cc(CNC(=O)Nc2cccs2)nc(N2CCCCC2)n1. The number of amides is 2. The maximum Gasteiger partial charge on any atom is 0.320 e. The molecule has 2 amide bonds. The zero-order valence-corrected chi connectivity index (χ0v) is 14.0. The fraction of sp³-hybridized carbons (Fsp3) is 0.438. The van der Waals surface area contributed by atoms with E-state index in [4.69, 9.17) is 0 Å². The fourth-order valence-corrected chi connectivity index (χ4v) is 3.23. The lowest BCUT2D eigenvalue weighted by atomic mass is 10.1. The molecule has 2 N–H and O–H groups in total. The molecule has 0 aliphatic carbocycles. The van der Waals surface area contributed by atoms with Gasteiger partial charge in [-0.1, -0.05) is 0 Å². The molecule has 0 radical (unpaired) electrons. The number of carbonyl (C=O) groups is 1. The standard InChI is InChI=1S/C16H21N5OS/c1-12-10-13(11-17-16(22)20-14-6-5-9-23-14)19-15(18-12)21-7-3-2-4-8-21/h5-6,9-10H,2-4,7-8,11H2,1H3,(H2,17,20,22). The third kappa shape index (κ3) is 4.41. The summed E-state index contributed by atoms with van der Waals surface area (Å²) in [6.07, 6.45) is 3.65. The van der Waals surface area contributed by atoms with Gasteiger partial charge in [0.05, 0.1) is 17.2 Å². The Balaban J connectivity index is 1.60. The highest BCUT2D eigenvalue weighted by Gasteiger charge is 2.14. The van der Waals surface area contributed by atoms with Crippen molar-refractivity contribution in [2.75, 3.05) is 23.3 Å². The number of aryl methyl sites for hydroxylation is 1. The molecule has 0 bridgehead atoms. The molecule has 0 unspecified atom stereocenters. The number of nitrogens with zero attached hydrogens (tertiary/aromatic N) is 3. The lowest BCUT2D eigenvalue weighted by Crippen LogP contribution is -2.32. The number of hydrogen-bond donors (Lipinski definition) is 2. The summed E-state index contributed by atoms with van der Waals surface area (Å²) in [6, 6.07) is 5.47. The maximum absolute atomic E-state index is 11.9. The van der Waals surface area contributed by atoms with Crippen molar-refractivity contribution in [3.8, 4) is 0 Å². The van der Waals surface area contributed by atoms with Crippen LogP contribution in [0.3, 0.4) is 0 Å². The number of piperidine rings is 1. The number of rotatable bonds is 4. The van der Waals surface area contributed by atoms with Crippen LogP contribution in [0.4, 0.5) is 15.7 Å². The largest absolute Gasteiger partial charge is 0.341 e. The van der Waals surface area contributed by atoms with Gasteiger partial charge in [-0.25, -0.2) is 14.8 Å². The molecule has 1 saturated heterocycles. The van der Waals surface area contributed by atoms with E-state index in [1.165, 1.54) is 30.6 Å². The van der Waals surface area contributed by atoms with Crippen LogP contribution in [0, 0.1) is 6.92 Å². The summed E-state index contributed by atoms with van der Waals surface area (Å²) in [5, 5.41) is 8.40. The van der Waals surface area contributed by atoms with E-state index < -0.39 is 0 Å². The second kappa shape index (κ2) is 7.41. The molecule has 2 aromatic rings. The fourth-order valence-electron chi connectivity index (χ4n) is 2.62. The zero-order valence-electron chi connectivity index (χ0n) is 13.2. The average Bonchev–Trinajstić information content (AvgIpc) is 3.06. The summed E-state index contributed by atoms with van der Waals surface area (Å²) >= 11 is 1.49. The number of hydrogen-bond acceptors (Lipinski definition) is 5. The van der Waals surface area contributed by atoms with Crippen LogP contribution < -0.4 is 15.5 Å². The Kier molecular flexibility index (Phi) is 5.07. The predicted octanol–water partition coefficient (Wildman–Crippen LogP) is 3.16. The van der Waals surface area contributed by atoms with Crippen LogP contribution in [0.1, 0.15) is 30.7 Å². The van der Waals surface area contributed by atoms with Gasteiger partial charge >= 0.3 is 6.03 Å². The normalized spacial score (nSPS) is 14.6. The van der Waals surface area contributed by atoms with Crippen molar-refractivity contribution < 1.29 is 4.79 Å². The van der Waals surface area contributed by atoms with Crippen LogP contribution in [-0.2, 0) is 6.54 Å². The van der Waals surface area contributed by atoms with Gasteiger partial charge in [-0.3, -0.25) is 5.32 Å². The first-order valence-electron chi connectivity index (χ1n) is 7.88. The van der Waals surface area contributed by atoms with Crippen molar-refractivity contribution in [3.05, 3.63) is 35.0 Å². The summed E-state index contributed by atoms with van der Waals surface area (Å²) < 4.78 is 0. The molecule has 3 rings (SSSR count). The van der Waals surface area contributed by atoms with E-state index in [2.05, 4.69) is 25.5 Å². The van der Waals surface area contributed by atoms with Crippen LogP contribution in [0.5, 0.6) is 0 Å². The first-order chi connectivity index (χ1) is 11.2. The highest BCUT2D eigenvalue weighted by molar-refractivity contribution is 7.14. The molecule has 2 aromatic heterocycles. The Morgan fingerprint density at radius 1 is 1.30 bits per heavy atom. The second-order valence-electron chi connectivity index (χ2n) is 5.63. The van der Waals surface area contributed by atoms with Crippen LogP contribution in [-0.4, -0.2) is 29.1 Å². The van der Waals surface area contributed by atoms with E-state index in [9.17, 15) is 4.79 Å². The summed E-state index contributed by atoms with van der Waals surface area (Å²) in [5.41, 5.74) is 1.76. The minimum absolute atomic E-state index is 0.219. The van der Waals surface area contributed by atoms with E-state index in [1.54, 1.807) is 0 Å². The third-order valence-corrected chi connectivity index (χ3v) is 4.51. The lowest BCUT2D eigenvalue weighted by Gasteiger charge is -2.27. The van der Waals surface area contributed by atoms with E-state index >= 15 is 0 Å². The van der Waals surface area contributed by atoms with Gasteiger partial charge in [0, 0.05) is 18.8 Å². The Morgan fingerprint density at radius 2 is 2.13 bits per heavy atom. The van der Waals surface area contributed by atoms with E-state index in [1.807, 2.05) is 30.5 Å². The number of carbonyl (C=O) groups excluding carboxylic acids is 1. The van der Waals surface area contributed by atoms with Crippen LogP contribution in [0.15, 0.2) is 23.6 Å². The molecule has 0 aromatic carbocycles. The van der Waals surface area contributed by atoms with Gasteiger partial charge in [0.2, 0.25) is 5.95 Å². The van der Waals surface area contributed by atoms with Crippen molar-refractivity contribution in [3.63, 3.8) is 0 Å². The topological polar surface area (TPSA) is 70.2 Å². The predicted molar refractivity (Wildman–Crippen MR) is 93.0 cm³/mol. The van der Waals surface area contributed by atoms with Crippen LogP contribution >= 0.6 is 11.3 Å². The van der Waals surface area contributed by atoms with Gasteiger partial charge in [-0.05, 0) is 49.8 Å². The summed E-state index contributed by atoms with van der Waals surface area (Å²) in [6.45, 7) is 4.37. The molecule has 1 aliphatic rings. The number of nitrogens with one attached hydrogen (secondary N) is 2. The number of anilines is 2. The van der Waals surface area contributed by atoms with Crippen molar-refractivity contribution in [2.24, 2.45) is 0 Å². The second-order valence-corrected chi connectivity index (χ2v) is 6.58. The summed E-state index contributed by atoms with van der Waals surface area (Å²) in [4.78, 5) is 23.2. The Hall–Kier alpha value is -2.15. The number of urea groups is 1. The molecule has 6 nitrogen and oxygen atoms in total. The van der Waals surface area contributed by atoms with E-state index in [-0.39, 0.29) is 6.03 Å². The van der Waals surface area contributed by atoms with Crippen LogP contribution in [0.2, 0.25) is 0 Å². The molecule has 0 spiro atoms. The highest BCUT2D eigenvalue weighted by atomic mass is 32.1. The Morgan fingerprint density at radius 3 is 2.87 bits per heavy atom. The molecule has 0 atom stereocenters. The molecule has 1 aliphatic heterocycles. The molecule has 7 heteroatoms. The molecule has 0 saturated carbocycles. The van der Waals surface area contributed by atoms with Gasteiger partial charge in [0.1, 0.15) is 0 Å². The van der Waals surface area contributed by atoms with E-state index in [0.717, 1.165) is 35.4 Å². The quantitative estimate of drug-likeness (QED) is 0.903. The van der Waals surface area contributed by atoms with Gasteiger partial charge in [-0.2, -0.15) is 0 Å². The Bertz CT molecular complexity index is 652. The Labute approximate surface area is 140 Å². The smallest absolute Gasteiger partial charge is 0.320 e. The first kappa shape index (κ1) is 15.7. The highest BCUT2D eigenvalue weighted by Crippen LogP contribution is 2.17. The summed E-state index contributed by atoms with van der Waals surface area (Å²) in [5.74, 6) is 0.778. The monoisotopic (exact) mass is 331 g/mol. The van der Waals surface area contributed by atoms with E-state index in [0.29, 0.717) is 6.54 Å². The molecule has 23 heavy (non-hydrogen) atoms. The average molecular weight is 331 g/mol. The van der Waals surface area contributed by atoms with Gasteiger partial charge in [0.15, 0.2) is 0 Å². The van der Waals surface area contributed by atoms with Crippen molar-refractivity contribution in [2.45, 2.75) is 32.7 Å². The maximum atomic E-state index is 11.9. The number of aromatic nitrogens is 2. The minimum Gasteiger partial charge on any atom is -0.341 e. The molecule has 1 fully saturated rings. The first-order valence-corrected chi connectivity index (χ1v) is 8.76. The van der Waals surface area contributed by atoms with Crippen molar-refractivity contribution in [1.82, 2.24) is 15.3 Å². The van der Waals surface area contributed by atoms with Gasteiger partial charge in [-0.15, -0.1) is 11.3 Å². The summed E-state index contributed by atoms with van der Waals surface area (Å²) in [7, 11) is 0. The zero-order chi connectivity index (χ0) is 16.1.